The fourth-order valence-corrected chi connectivity index (χ4v) is 4.42. The van der Waals surface area contributed by atoms with E-state index in [0.29, 0.717) is 19.3 Å². The lowest BCUT2D eigenvalue weighted by Crippen LogP contribution is -2.48. The largest absolute Gasteiger partial charge is 0.340 e. The maximum Gasteiger partial charge on any atom is 0.222 e. The summed E-state index contributed by atoms with van der Waals surface area (Å²) in [4.78, 5) is 16.5. The van der Waals surface area contributed by atoms with Gasteiger partial charge >= 0.3 is 0 Å². The van der Waals surface area contributed by atoms with Gasteiger partial charge in [-0.1, -0.05) is 6.92 Å². The van der Waals surface area contributed by atoms with Crippen molar-refractivity contribution in [2.45, 2.75) is 26.2 Å². The van der Waals surface area contributed by atoms with Crippen molar-refractivity contribution in [3.05, 3.63) is 0 Å². The number of nitrogens with zero attached hydrogens (tertiary/aromatic N) is 2. The van der Waals surface area contributed by atoms with Gasteiger partial charge in [0.05, 0.1) is 11.5 Å². The van der Waals surface area contributed by atoms with E-state index in [1.165, 1.54) is 0 Å². The van der Waals surface area contributed by atoms with Gasteiger partial charge in [0.15, 0.2) is 0 Å². The monoisotopic (exact) mass is 288 g/mol. The van der Waals surface area contributed by atoms with Crippen molar-refractivity contribution in [1.82, 2.24) is 9.80 Å². The minimum atomic E-state index is -2.82. The quantitative estimate of drug-likeness (QED) is 0.753. The summed E-state index contributed by atoms with van der Waals surface area (Å²) in [6.45, 7) is 6.74. The maximum absolute atomic E-state index is 12.2. The predicted octanol–water partition coefficient (Wildman–Crippen LogP) is 0.365. The zero-order chi connectivity index (χ0) is 13.9. The van der Waals surface area contributed by atoms with Gasteiger partial charge in [0.1, 0.15) is 9.84 Å². The van der Waals surface area contributed by atoms with Crippen molar-refractivity contribution in [2.24, 2.45) is 5.92 Å². The van der Waals surface area contributed by atoms with Gasteiger partial charge in [0.2, 0.25) is 5.91 Å². The van der Waals surface area contributed by atoms with Crippen molar-refractivity contribution in [2.75, 3.05) is 44.2 Å². The molecule has 2 rings (SSSR count). The molecule has 0 saturated carbocycles. The highest BCUT2D eigenvalue weighted by Crippen LogP contribution is 2.23. The number of hydrogen-bond donors (Lipinski definition) is 0. The number of piperazine rings is 1. The molecule has 19 heavy (non-hydrogen) atoms. The molecule has 2 saturated heterocycles. The molecule has 0 spiro atoms. The highest BCUT2D eigenvalue weighted by atomic mass is 32.2. The van der Waals surface area contributed by atoms with E-state index in [9.17, 15) is 13.2 Å². The molecular formula is C13H24N2O3S. The molecular weight excluding hydrogens is 264 g/mol. The summed E-state index contributed by atoms with van der Waals surface area (Å²) in [5.41, 5.74) is 0. The molecule has 6 heteroatoms. The van der Waals surface area contributed by atoms with Crippen LogP contribution in [0.2, 0.25) is 0 Å². The third kappa shape index (κ3) is 4.18. The number of likely N-dealkylation sites (N-methyl/N-ethyl adjacent to an activating group) is 1. The molecule has 1 amide bonds. The second kappa shape index (κ2) is 6.22. The number of carbonyl (C=O) groups excluding carboxylic acids is 1. The molecule has 2 heterocycles. The van der Waals surface area contributed by atoms with Crippen LogP contribution in [0.4, 0.5) is 0 Å². The molecule has 2 aliphatic rings. The Morgan fingerprint density at radius 2 is 1.68 bits per heavy atom. The molecule has 110 valence electrons. The van der Waals surface area contributed by atoms with Crippen molar-refractivity contribution in [3.8, 4) is 0 Å². The van der Waals surface area contributed by atoms with Crippen LogP contribution < -0.4 is 0 Å². The highest BCUT2D eigenvalue weighted by molar-refractivity contribution is 7.91. The Bertz CT molecular complexity index is 400. The van der Waals surface area contributed by atoms with E-state index < -0.39 is 9.84 Å². The Kier molecular flexibility index (Phi) is 4.84. The van der Waals surface area contributed by atoms with Crippen LogP contribution in [0.25, 0.3) is 0 Å². The topological polar surface area (TPSA) is 57.7 Å². The number of amides is 1. The maximum atomic E-state index is 12.2. The fourth-order valence-electron chi connectivity index (χ4n) is 2.83. The number of rotatable bonds is 3. The lowest BCUT2D eigenvalue weighted by Gasteiger charge is -2.35. The van der Waals surface area contributed by atoms with Crippen LogP contribution >= 0.6 is 0 Å². The summed E-state index contributed by atoms with van der Waals surface area (Å²) in [6.07, 6.45) is 1.84. The van der Waals surface area contributed by atoms with Crippen LogP contribution in [-0.2, 0) is 14.6 Å². The standard InChI is InChI=1S/C13H24N2O3S/c1-2-14-5-7-15(8-6-14)13(16)11-12-3-9-19(17,18)10-4-12/h12H,2-11H2,1H3. The first-order valence-electron chi connectivity index (χ1n) is 7.20. The van der Waals surface area contributed by atoms with Gasteiger partial charge in [-0.25, -0.2) is 8.42 Å². The van der Waals surface area contributed by atoms with E-state index in [4.69, 9.17) is 0 Å². The van der Waals surface area contributed by atoms with E-state index in [0.717, 1.165) is 32.7 Å². The fraction of sp³-hybridized carbons (Fsp3) is 0.923. The van der Waals surface area contributed by atoms with E-state index in [1.807, 2.05) is 4.90 Å². The van der Waals surface area contributed by atoms with Gasteiger partial charge < -0.3 is 9.80 Å². The Morgan fingerprint density at radius 3 is 2.21 bits per heavy atom. The van der Waals surface area contributed by atoms with E-state index >= 15 is 0 Å². The Balaban J connectivity index is 1.76. The average Bonchev–Trinajstić information content (AvgIpc) is 2.41. The molecule has 0 unspecified atom stereocenters. The Hall–Kier alpha value is -0.620. The van der Waals surface area contributed by atoms with Crippen LogP contribution in [-0.4, -0.2) is 68.4 Å². The second-order valence-electron chi connectivity index (χ2n) is 5.61. The summed E-state index contributed by atoms with van der Waals surface area (Å²) < 4.78 is 22.7. The zero-order valence-corrected chi connectivity index (χ0v) is 12.5. The van der Waals surface area contributed by atoms with Crippen molar-refractivity contribution in [1.29, 1.82) is 0 Å². The first-order chi connectivity index (χ1) is 9.00. The Morgan fingerprint density at radius 1 is 1.11 bits per heavy atom. The molecule has 0 aromatic heterocycles. The average molecular weight is 288 g/mol. The second-order valence-corrected chi connectivity index (χ2v) is 7.92. The van der Waals surface area contributed by atoms with Crippen LogP contribution in [0.1, 0.15) is 26.2 Å². The number of carbonyl (C=O) groups is 1. The molecule has 0 atom stereocenters. The van der Waals surface area contributed by atoms with Crippen molar-refractivity contribution >= 4 is 15.7 Å². The predicted molar refractivity (Wildman–Crippen MR) is 74.7 cm³/mol. The molecule has 5 nitrogen and oxygen atoms in total. The third-order valence-corrected chi connectivity index (χ3v) is 6.03. The molecule has 0 aromatic carbocycles. The minimum absolute atomic E-state index is 0.208. The lowest BCUT2D eigenvalue weighted by atomic mass is 9.98. The van der Waals surface area contributed by atoms with Gasteiger partial charge in [-0.2, -0.15) is 0 Å². The molecule has 2 aliphatic heterocycles. The van der Waals surface area contributed by atoms with Crippen molar-refractivity contribution < 1.29 is 13.2 Å². The SMILES string of the molecule is CCN1CCN(C(=O)CC2CCS(=O)(=O)CC2)CC1. The Labute approximate surface area is 115 Å². The van der Waals surface area contributed by atoms with Gasteiger partial charge in [-0.3, -0.25) is 4.79 Å². The zero-order valence-electron chi connectivity index (χ0n) is 11.7. The van der Waals surface area contributed by atoms with E-state index in [1.54, 1.807) is 0 Å². The summed E-state index contributed by atoms with van der Waals surface area (Å²) >= 11 is 0. The van der Waals surface area contributed by atoms with Crippen LogP contribution in [0, 0.1) is 5.92 Å². The summed E-state index contributed by atoms with van der Waals surface area (Å²) in [5, 5.41) is 0. The first kappa shape index (κ1) is 14.8. The van der Waals surface area contributed by atoms with Gasteiger partial charge in [0, 0.05) is 32.6 Å². The molecule has 0 radical (unpaired) electrons. The van der Waals surface area contributed by atoms with E-state index in [2.05, 4.69) is 11.8 Å². The van der Waals surface area contributed by atoms with Crippen molar-refractivity contribution in [3.63, 3.8) is 0 Å². The van der Waals surface area contributed by atoms with Gasteiger partial charge in [0.25, 0.3) is 0 Å². The van der Waals surface area contributed by atoms with Crippen LogP contribution in [0.15, 0.2) is 0 Å². The molecule has 2 fully saturated rings. The normalized spacial score (nSPS) is 25.4. The number of hydrogen-bond acceptors (Lipinski definition) is 4. The number of sulfone groups is 1. The molecule has 0 N–H and O–H groups in total. The molecule has 0 aliphatic carbocycles. The van der Waals surface area contributed by atoms with Gasteiger partial charge in [-0.05, 0) is 25.3 Å². The molecule has 0 bridgehead atoms. The smallest absolute Gasteiger partial charge is 0.222 e. The first-order valence-corrected chi connectivity index (χ1v) is 9.03. The summed E-state index contributed by atoms with van der Waals surface area (Å²) in [7, 11) is -2.82. The third-order valence-electron chi connectivity index (χ3n) is 4.31. The molecule has 0 aromatic rings. The van der Waals surface area contributed by atoms with Crippen LogP contribution in [0.5, 0.6) is 0 Å². The highest BCUT2D eigenvalue weighted by Gasteiger charge is 2.27. The van der Waals surface area contributed by atoms with Crippen LogP contribution in [0.3, 0.4) is 0 Å². The van der Waals surface area contributed by atoms with E-state index in [-0.39, 0.29) is 23.3 Å². The van der Waals surface area contributed by atoms with Gasteiger partial charge in [-0.15, -0.1) is 0 Å². The summed E-state index contributed by atoms with van der Waals surface area (Å²) in [6, 6.07) is 0. The minimum Gasteiger partial charge on any atom is -0.340 e. The lowest BCUT2D eigenvalue weighted by molar-refractivity contribution is -0.134. The summed E-state index contributed by atoms with van der Waals surface area (Å²) in [5.74, 6) is 0.989.